The van der Waals surface area contributed by atoms with Crippen LogP contribution in [0.3, 0.4) is 0 Å². The first-order chi connectivity index (χ1) is 9.03. The van der Waals surface area contributed by atoms with E-state index in [1.54, 1.807) is 6.07 Å². The standard InChI is InChI=1S/C11H9Cl2F4NO2/c12-10(14,15)9(19,11(13,16)17)6-8(18-20)7-4-2-1-3-5-7/h1-5,19-20H,6H2. The average Bonchev–Trinajstić information content (AvgIpc) is 2.34. The molecule has 0 bridgehead atoms. The highest BCUT2D eigenvalue weighted by atomic mass is 35.5. The van der Waals surface area contributed by atoms with E-state index in [1.165, 1.54) is 24.3 Å². The molecule has 1 rings (SSSR count). The molecule has 0 aliphatic heterocycles. The highest BCUT2D eigenvalue weighted by Crippen LogP contribution is 2.48. The molecule has 0 saturated carbocycles. The van der Waals surface area contributed by atoms with Gasteiger partial charge in [0.25, 0.3) is 0 Å². The minimum Gasteiger partial charge on any atom is -0.411 e. The van der Waals surface area contributed by atoms with E-state index in [9.17, 15) is 22.7 Å². The van der Waals surface area contributed by atoms with Crippen molar-refractivity contribution in [2.45, 2.75) is 22.8 Å². The number of nitrogens with zero attached hydrogens (tertiary/aromatic N) is 1. The van der Waals surface area contributed by atoms with Gasteiger partial charge in [-0.3, -0.25) is 0 Å². The van der Waals surface area contributed by atoms with Crippen LogP contribution in [-0.4, -0.2) is 32.4 Å². The van der Waals surface area contributed by atoms with Crippen molar-refractivity contribution >= 4 is 28.9 Å². The van der Waals surface area contributed by atoms with Gasteiger partial charge in [0.15, 0.2) is 0 Å². The van der Waals surface area contributed by atoms with E-state index in [1.807, 2.05) is 0 Å². The maximum atomic E-state index is 13.1. The van der Waals surface area contributed by atoms with Crippen molar-refractivity contribution in [1.29, 1.82) is 0 Å². The van der Waals surface area contributed by atoms with E-state index < -0.39 is 28.5 Å². The van der Waals surface area contributed by atoms with Gasteiger partial charge >= 0.3 is 10.8 Å². The van der Waals surface area contributed by atoms with Crippen molar-refractivity contribution in [2.75, 3.05) is 0 Å². The molecule has 20 heavy (non-hydrogen) atoms. The van der Waals surface area contributed by atoms with Gasteiger partial charge in [0, 0.05) is 6.42 Å². The summed E-state index contributed by atoms with van der Waals surface area (Å²) in [6, 6.07) is 7.11. The molecule has 0 aliphatic rings. The molecule has 3 nitrogen and oxygen atoms in total. The monoisotopic (exact) mass is 333 g/mol. The van der Waals surface area contributed by atoms with Crippen LogP contribution in [0.4, 0.5) is 17.6 Å². The quantitative estimate of drug-likeness (QED) is 0.284. The first-order valence-corrected chi connectivity index (χ1v) is 5.90. The Balaban J connectivity index is 3.21. The van der Waals surface area contributed by atoms with Crippen LogP contribution in [0.15, 0.2) is 35.5 Å². The molecular weight excluding hydrogens is 325 g/mol. The second-order valence-corrected chi connectivity index (χ2v) is 4.89. The summed E-state index contributed by atoms with van der Waals surface area (Å²) >= 11 is 9.06. The summed E-state index contributed by atoms with van der Waals surface area (Å²) in [5.74, 6) is 0. The van der Waals surface area contributed by atoms with Crippen LogP contribution in [0.25, 0.3) is 0 Å². The maximum Gasteiger partial charge on any atom is 0.357 e. The summed E-state index contributed by atoms with van der Waals surface area (Å²) in [6.45, 7) is 0. The third kappa shape index (κ3) is 3.34. The molecule has 1 aromatic rings. The van der Waals surface area contributed by atoms with Gasteiger partial charge in [-0.05, 0) is 28.8 Å². The number of alkyl halides is 6. The number of halogens is 6. The molecule has 0 aliphatic carbocycles. The molecule has 0 heterocycles. The Morgan fingerprint density at radius 2 is 1.50 bits per heavy atom. The Bertz CT molecular complexity index is 471. The largest absolute Gasteiger partial charge is 0.411 e. The van der Waals surface area contributed by atoms with Crippen LogP contribution in [-0.2, 0) is 0 Å². The predicted molar refractivity (Wildman–Crippen MR) is 65.9 cm³/mol. The third-order valence-electron chi connectivity index (χ3n) is 2.59. The summed E-state index contributed by atoms with van der Waals surface area (Å²) < 4.78 is 52.4. The predicted octanol–water partition coefficient (Wildman–Crippen LogP) is 3.65. The second kappa shape index (κ2) is 5.75. The fourth-order valence-electron chi connectivity index (χ4n) is 1.43. The summed E-state index contributed by atoms with van der Waals surface area (Å²) in [6.07, 6.45) is -1.46. The van der Waals surface area contributed by atoms with Crippen molar-refractivity contribution in [3.05, 3.63) is 35.9 Å². The first-order valence-electron chi connectivity index (χ1n) is 5.15. The Kier molecular flexibility index (Phi) is 4.89. The Morgan fingerprint density at radius 3 is 1.85 bits per heavy atom. The van der Waals surface area contributed by atoms with Crippen LogP contribution in [0.5, 0.6) is 0 Å². The van der Waals surface area contributed by atoms with Crippen molar-refractivity contribution in [1.82, 2.24) is 0 Å². The molecule has 0 fully saturated rings. The van der Waals surface area contributed by atoms with Gasteiger partial charge in [0.05, 0.1) is 5.71 Å². The van der Waals surface area contributed by atoms with E-state index in [2.05, 4.69) is 28.4 Å². The van der Waals surface area contributed by atoms with Crippen molar-refractivity contribution in [3.63, 3.8) is 0 Å². The molecule has 0 amide bonds. The maximum absolute atomic E-state index is 13.1. The van der Waals surface area contributed by atoms with Crippen molar-refractivity contribution in [3.8, 4) is 0 Å². The Hall–Kier alpha value is -1.05. The van der Waals surface area contributed by atoms with Crippen molar-refractivity contribution < 1.29 is 27.9 Å². The smallest absolute Gasteiger partial charge is 0.357 e. The molecular formula is C11H9Cl2F4NO2. The lowest BCUT2D eigenvalue weighted by molar-refractivity contribution is -0.212. The normalized spacial score (nSPS) is 14.4. The minimum atomic E-state index is -4.75. The molecule has 0 spiro atoms. The summed E-state index contributed by atoms with van der Waals surface area (Å²) in [5.41, 5.74) is -4.69. The molecule has 9 heteroatoms. The Morgan fingerprint density at radius 1 is 1.05 bits per heavy atom. The van der Waals surface area contributed by atoms with Gasteiger partial charge in [-0.25, -0.2) is 0 Å². The second-order valence-electron chi connectivity index (χ2n) is 3.95. The number of aliphatic hydroxyl groups is 1. The summed E-state index contributed by atoms with van der Waals surface area (Å²) in [7, 11) is 0. The van der Waals surface area contributed by atoms with Gasteiger partial charge in [-0.2, -0.15) is 17.6 Å². The number of hydrogen-bond acceptors (Lipinski definition) is 3. The lowest BCUT2D eigenvalue weighted by Crippen LogP contribution is -2.57. The average molecular weight is 334 g/mol. The first kappa shape index (κ1) is 17.0. The van der Waals surface area contributed by atoms with Gasteiger partial charge in [-0.1, -0.05) is 35.5 Å². The molecule has 0 atom stereocenters. The Labute approximate surface area is 121 Å². The zero-order valence-corrected chi connectivity index (χ0v) is 11.2. The zero-order valence-electron chi connectivity index (χ0n) is 9.70. The lowest BCUT2D eigenvalue weighted by Gasteiger charge is -2.34. The zero-order chi connectivity index (χ0) is 15.6. The van der Waals surface area contributed by atoms with E-state index in [4.69, 9.17) is 5.21 Å². The molecule has 2 N–H and O–H groups in total. The molecule has 0 aromatic heterocycles. The number of hydrogen-bond donors (Lipinski definition) is 2. The van der Waals surface area contributed by atoms with Crippen LogP contribution >= 0.6 is 23.2 Å². The highest BCUT2D eigenvalue weighted by molar-refractivity contribution is 6.27. The number of oxime groups is 1. The molecule has 0 unspecified atom stereocenters. The van der Waals surface area contributed by atoms with E-state index in [0.717, 1.165) is 0 Å². The third-order valence-corrected chi connectivity index (χ3v) is 3.21. The number of benzene rings is 1. The van der Waals surface area contributed by atoms with Crippen LogP contribution in [0.1, 0.15) is 12.0 Å². The SMILES string of the molecule is ON=C(CC(O)(C(F)(F)Cl)C(F)(F)Cl)c1ccccc1. The lowest BCUT2D eigenvalue weighted by atomic mass is 9.93. The van der Waals surface area contributed by atoms with Crippen LogP contribution in [0.2, 0.25) is 0 Å². The van der Waals surface area contributed by atoms with Gasteiger partial charge in [-0.15, -0.1) is 0 Å². The van der Waals surface area contributed by atoms with Crippen LogP contribution < -0.4 is 0 Å². The number of rotatable bonds is 5. The van der Waals surface area contributed by atoms with Gasteiger partial charge in [0.2, 0.25) is 5.60 Å². The molecule has 112 valence electrons. The topological polar surface area (TPSA) is 52.8 Å². The van der Waals surface area contributed by atoms with Crippen LogP contribution in [0, 0.1) is 0 Å². The summed E-state index contributed by atoms with van der Waals surface area (Å²) in [5, 5.41) is 11.4. The highest BCUT2D eigenvalue weighted by Gasteiger charge is 2.67. The van der Waals surface area contributed by atoms with E-state index in [0.29, 0.717) is 0 Å². The van der Waals surface area contributed by atoms with Gasteiger partial charge < -0.3 is 10.3 Å². The van der Waals surface area contributed by atoms with E-state index >= 15 is 0 Å². The summed E-state index contributed by atoms with van der Waals surface area (Å²) in [4.78, 5) is 0. The minimum absolute atomic E-state index is 0.0512. The molecule has 0 saturated heterocycles. The fourth-order valence-corrected chi connectivity index (χ4v) is 1.85. The van der Waals surface area contributed by atoms with E-state index in [-0.39, 0.29) is 5.56 Å². The molecule has 0 radical (unpaired) electrons. The fraction of sp³-hybridized carbons (Fsp3) is 0.364. The van der Waals surface area contributed by atoms with Gasteiger partial charge in [0.1, 0.15) is 0 Å². The van der Waals surface area contributed by atoms with Crippen molar-refractivity contribution in [2.24, 2.45) is 5.16 Å². The molecule has 1 aromatic carbocycles.